The minimum absolute atomic E-state index is 0.442. The summed E-state index contributed by atoms with van der Waals surface area (Å²) in [5.41, 5.74) is 3.87. The van der Waals surface area contributed by atoms with Crippen LogP contribution in [-0.2, 0) is 12.0 Å². The average molecular weight is 347 g/mol. The van der Waals surface area contributed by atoms with Gasteiger partial charge in [0, 0.05) is 25.0 Å². The molecule has 0 spiro atoms. The molecular weight excluding hydrogens is 316 g/mol. The fourth-order valence-corrected chi connectivity index (χ4v) is 6.96. The Morgan fingerprint density at radius 3 is 2.38 bits per heavy atom. The summed E-state index contributed by atoms with van der Waals surface area (Å²) in [5.74, 6) is 1.86. The predicted molar refractivity (Wildman–Crippen MR) is 106 cm³/mol. The van der Waals surface area contributed by atoms with E-state index in [0.717, 1.165) is 18.4 Å². The molecule has 1 aromatic heterocycles. The third kappa shape index (κ3) is 2.70. The van der Waals surface area contributed by atoms with Crippen molar-refractivity contribution >= 4 is 0 Å². The molecule has 0 saturated heterocycles. The number of benzene rings is 1. The van der Waals surface area contributed by atoms with Crippen LogP contribution in [0.5, 0.6) is 0 Å². The number of hydrogen-bond acceptors (Lipinski definition) is 2. The van der Waals surface area contributed by atoms with Crippen molar-refractivity contribution in [1.29, 1.82) is 0 Å². The van der Waals surface area contributed by atoms with E-state index in [1.54, 1.807) is 5.56 Å². The third-order valence-electron chi connectivity index (χ3n) is 7.77. The second-order valence-electron chi connectivity index (χ2n) is 9.43. The molecule has 2 heteroatoms. The summed E-state index contributed by atoms with van der Waals surface area (Å²) in [5, 5.41) is 3.90. The molecule has 6 rings (SSSR count). The maximum Gasteiger partial charge on any atom is 0.0271 e. The van der Waals surface area contributed by atoms with Gasteiger partial charge in [0.2, 0.25) is 0 Å². The highest BCUT2D eigenvalue weighted by Crippen LogP contribution is 2.66. The normalized spacial score (nSPS) is 36.2. The summed E-state index contributed by atoms with van der Waals surface area (Å²) in [6.45, 7) is 3.41. The molecule has 3 unspecified atom stereocenters. The molecule has 26 heavy (non-hydrogen) atoms. The van der Waals surface area contributed by atoms with Crippen molar-refractivity contribution in [2.24, 2.45) is 17.3 Å². The molecule has 3 atom stereocenters. The minimum atomic E-state index is 0.442. The quantitative estimate of drug-likeness (QED) is 0.815. The van der Waals surface area contributed by atoms with Crippen LogP contribution in [0.1, 0.15) is 56.6 Å². The lowest BCUT2D eigenvalue weighted by Gasteiger charge is -2.64. The van der Waals surface area contributed by atoms with Crippen molar-refractivity contribution in [3.63, 3.8) is 0 Å². The van der Waals surface area contributed by atoms with E-state index < -0.39 is 0 Å². The summed E-state index contributed by atoms with van der Waals surface area (Å²) in [6, 6.07) is 16.3. The molecule has 2 aromatic rings. The van der Waals surface area contributed by atoms with Crippen LogP contribution in [0.15, 0.2) is 54.9 Å². The molecule has 1 heterocycles. The number of hydrogen-bond donors (Lipinski definition) is 1. The first-order chi connectivity index (χ1) is 12.7. The molecule has 4 aliphatic rings. The van der Waals surface area contributed by atoms with Gasteiger partial charge in [-0.3, -0.25) is 4.98 Å². The van der Waals surface area contributed by atoms with E-state index in [1.807, 2.05) is 12.4 Å². The standard InChI is InChI=1S/C24H30N2/c1-18(26-16-19-7-9-25-10-8-19)23-12-20-11-21(13-23)15-24(14-20,17-23)22-5-3-2-4-6-22/h2-10,18,20-21,26H,11-17H2,1H3. The number of aromatic nitrogens is 1. The largest absolute Gasteiger partial charge is 0.310 e. The average Bonchev–Trinajstić information content (AvgIpc) is 2.66. The van der Waals surface area contributed by atoms with Crippen molar-refractivity contribution in [3.8, 4) is 0 Å². The molecule has 4 saturated carbocycles. The molecule has 1 aromatic carbocycles. The van der Waals surface area contributed by atoms with Crippen LogP contribution in [0.25, 0.3) is 0 Å². The molecule has 4 bridgehead atoms. The number of rotatable bonds is 5. The van der Waals surface area contributed by atoms with Crippen LogP contribution < -0.4 is 5.32 Å². The van der Waals surface area contributed by atoms with E-state index in [1.165, 1.54) is 44.1 Å². The van der Waals surface area contributed by atoms with Crippen LogP contribution in [-0.4, -0.2) is 11.0 Å². The van der Waals surface area contributed by atoms with E-state index in [0.29, 0.717) is 16.9 Å². The van der Waals surface area contributed by atoms with Crippen molar-refractivity contribution in [2.75, 3.05) is 0 Å². The van der Waals surface area contributed by atoms with Crippen molar-refractivity contribution in [1.82, 2.24) is 10.3 Å². The van der Waals surface area contributed by atoms with Crippen LogP contribution in [0.4, 0.5) is 0 Å². The van der Waals surface area contributed by atoms with Crippen LogP contribution in [0.2, 0.25) is 0 Å². The molecule has 0 radical (unpaired) electrons. The van der Waals surface area contributed by atoms with Gasteiger partial charge in [-0.2, -0.15) is 0 Å². The lowest BCUT2D eigenvalue weighted by atomic mass is 9.41. The lowest BCUT2D eigenvalue weighted by Crippen LogP contribution is -2.59. The van der Waals surface area contributed by atoms with Crippen LogP contribution >= 0.6 is 0 Å². The molecule has 4 aliphatic carbocycles. The molecule has 1 N–H and O–H groups in total. The zero-order valence-corrected chi connectivity index (χ0v) is 15.8. The van der Waals surface area contributed by atoms with Gasteiger partial charge in [-0.25, -0.2) is 0 Å². The second kappa shape index (κ2) is 6.20. The smallest absolute Gasteiger partial charge is 0.0271 e. The van der Waals surface area contributed by atoms with E-state index in [9.17, 15) is 0 Å². The van der Waals surface area contributed by atoms with Crippen LogP contribution in [0.3, 0.4) is 0 Å². The van der Waals surface area contributed by atoms with Gasteiger partial charge in [-0.1, -0.05) is 30.3 Å². The summed E-state index contributed by atoms with van der Waals surface area (Å²) in [6.07, 6.45) is 12.4. The van der Waals surface area contributed by atoms with Gasteiger partial charge in [0.05, 0.1) is 0 Å². The van der Waals surface area contributed by atoms with Crippen molar-refractivity contribution in [3.05, 3.63) is 66.0 Å². The molecule has 4 fully saturated rings. The Hall–Kier alpha value is -1.67. The molecule has 136 valence electrons. The predicted octanol–water partition coefficient (Wildman–Crippen LogP) is 5.10. The van der Waals surface area contributed by atoms with Gasteiger partial charge in [0.25, 0.3) is 0 Å². The first-order valence-electron chi connectivity index (χ1n) is 10.4. The van der Waals surface area contributed by atoms with Gasteiger partial charge >= 0.3 is 0 Å². The zero-order chi connectivity index (χ0) is 17.6. The Labute approximate surface area is 157 Å². The summed E-state index contributed by atoms with van der Waals surface area (Å²) >= 11 is 0. The summed E-state index contributed by atoms with van der Waals surface area (Å²) < 4.78 is 0. The molecule has 0 amide bonds. The number of nitrogens with one attached hydrogen (secondary N) is 1. The Morgan fingerprint density at radius 2 is 1.69 bits per heavy atom. The molecule has 0 aliphatic heterocycles. The maximum absolute atomic E-state index is 4.14. The third-order valence-corrected chi connectivity index (χ3v) is 7.77. The van der Waals surface area contributed by atoms with Gasteiger partial charge in [-0.15, -0.1) is 0 Å². The Morgan fingerprint density at radius 1 is 1.00 bits per heavy atom. The lowest BCUT2D eigenvalue weighted by molar-refractivity contribution is -0.0883. The van der Waals surface area contributed by atoms with Gasteiger partial charge in [0.15, 0.2) is 0 Å². The summed E-state index contributed by atoms with van der Waals surface area (Å²) in [7, 11) is 0. The molecular formula is C24H30N2. The van der Waals surface area contributed by atoms with Gasteiger partial charge in [-0.05, 0) is 91.4 Å². The Bertz CT molecular complexity index is 740. The topological polar surface area (TPSA) is 24.9 Å². The fourth-order valence-electron chi connectivity index (χ4n) is 6.96. The molecule has 2 nitrogen and oxygen atoms in total. The first-order valence-corrected chi connectivity index (χ1v) is 10.4. The number of pyridine rings is 1. The highest BCUT2D eigenvalue weighted by molar-refractivity contribution is 5.31. The van der Waals surface area contributed by atoms with E-state index in [2.05, 4.69) is 59.7 Å². The maximum atomic E-state index is 4.14. The van der Waals surface area contributed by atoms with E-state index in [4.69, 9.17) is 0 Å². The fraction of sp³-hybridized carbons (Fsp3) is 0.542. The monoisotopic (exact) mass is 346 g/mol. The SMILES string of the molecule is CC(NCc1ccncc1)C12CC3CC(CC(c4ccccc4)(C3)C1)C2. The van der Waals surface area contributed by atoms with Crippen LogP contribution in [0, 0.1) is 17.3 Å². The van der Waals surface area contributed by atoms with Gasteiger partial charge in [0.1, 0.15) is 0 Å². The highest BCUT2D eigenvalue weighted by atomic mass is 14.9. The second-order valence-corrected chi connectivity index (χ2v) is 9.43. The highest BCUT2D eigenvalue weighted by Gasteiger charge is 2.59. The van der Waals surface area contributed by atoms with Crippen molar-refractivity contribution in [2.45, 2.75) is 63.5 Å². The summed E-state index contributed by atoms with van der Waals surface area (Å²) in [4.78, 5) is 4.14. The van der Waals surface area contributed by atoms with E-state index >= 15 is 0 Å². The minimum Gasteiger partial charge on any atom is -0.310 e. The zero-order valence-electron chi connectivity index (χ0n) is 15.8. The Kier molecular flexibility index (Phi) is 3.93. The first kappa shape index (κ1) is 16.5. The van der Waals surface area contributed by atoms with Crippen molar-refractivity contribution < 1.29 is 0 Å². The number of nitrogens with zero attached hydrogens (tertiary/aromatic N) is 1. The van der Waals surface area contributed by atoms with Gasteiger partial charge < -0.3 is 5.32 Å². The van der Waals surface area contributed by atoms with E-state index in [-0.39, 0.29) is 0 Å². The Balaban J connectivity index is 1.40.